The molecule has 0 radical (unpaired) electrons. The quantitative estimate of drug-likeness (QED) is 0.667. The van der Waals surface area contributed by atoms with Crippen LogP contribution in [0.25, 0.3) is 10.9 Å². The maximum Gasteiger partial charge on any atom is 0.119 e. The van der Waals surface area contributed by atoms with E-state index in [1.807, 2.05) is 48.5 Å². The van der Waals surface area contributed by atoms with Crippen molar-refractivity contribution in [3.8, 4) is 11.8 Å². The number of ether oxygens (including phenoxy) is 2. The molecule has 0 saturated heterocycles. The Bertz CT molecular complexity index is 903. The van der Waals surface area contributed by atoms with Crippen molar-refractivity contribution in [2.75, 3.05) is 25.6 Å². The van der Waals surface area contributed by atoms with E-state index < -0.39 is 0 Å². The van der Waals surface area contributed by atoms with E-state index in [0.29, 0.717) is 25.3 Å². The Morgan fingerprint density at radius 3 is 2.88 bits per heavy atom. The Labute approximate surface area is 146 Å². The highest BCUT2D eigenvalue weighted by Gasteiger charge is 2.07. The van der Waals surface area contributed by atoms with Crippen LogP contribution in [-0.2, 0) is 11.3 Å². The first kappa shape index (κ1) is 16.7. The van der Waals surface area contributed by atoms with Gasteiger partial charge in [-0.1, -0.05) is 30.3 Å². The van der Waals surface area contributed by atoms with Crippen molar-refractivity contribution in [3.05, 3.63) is 65.9 Å². The summed E-state index contributed by atoms with van der Waals surface area (Å²) >= 11 is 0. The monoisotopic (exact) mass is 333 g/mol. The molecule has 25 heavy (non-hydrogen) atoms. The lowest BCUT2D eigenvalue weighted by Gasteiger charge is -2.12. The van der Waals surface area contributed by atoms with E-state index in [2.05, 4.69) is 16.4 Å². The molecule has 0 spiro atoms. The third kappa shape index (κ3) is 4.06. The maximum absolute atomic E-state index is 9.31. The Morgan fingerprint density at radius 1 is 1.16 bits per heavy atom. The number of nitrogens with zero attached hydrogens (tertiary/aromatic N) is 2. The van der Waals surface area contributed by atoms with Gasteiger partial charge in [-0.2, -0.15) is 5.26 Å². The van der Waals surface area contributed by atoms with Crippen LogP contribution in [0.2, 0.25) is 0 Å². The summed E-state index contributed by atoms with van der Waals surface area (Å²) in [6.07, 6.45) is 1.60. The molecule has 2 aromatic carbocycles. The van der Waals surface area contributed by atoms with Crippen molar-refractivity contribution in [3.63, 3.8) is 0 Å². The summed E-state index contributed by atoms with van der Waals surface area (Å²) < 4.78 is 10.9. The SMILES string of the molecule is COc1cccc(COCCNc2c(C#N)cnc3ccccc23)c1. The van der Waals surface area contributed by atoms with Gasteiger partial charge in [-0.3, -0.25) is 4.98 Å². The lowest BCUT2D eigenvalue weighted by atomic mass is 10.1. The first-order valence-corrected chi connectivity index (χ1v) is 8.04. The van der Waals surface area contributed by atoms with E-state index in [1.54, 1.807) is 13.3 Å². The van der Waals surface area contributed by atoms with Gasteiger partial charge in [-0.05, 0) is 23.8 Å². The summed E-state index contributed by atoms with van der Waals surface area (Å²) in [7, 11) is 1.65. The zero-order chi connectivity index (χ0) is 17.5. The van der Waals surface area contributed by atoms with Crippen molar-refractivity contribution in [1.29, 1.82) is 5.26 Å². The predicted octanol–water partition coefficient (Wildman–Crippen LogP) is 3.74. The van der Waals surface area contributed by atoms with Crippen molar-refractivity contribution in [2.45, 2.75) is 6.61 Å². The van der Waals surface area contributed by atoms with Gasteiger partial charge in [0, 0.05) is 18.1 Å². The van der Waals surface area contributed by atoms with Crippen LogP contribution in [0, 0.1) is 11.3 Å². The van der Waals surface area contributed by atoms with Gasteiger partial charge in [0.15, 0.2) is 0 Å². The fourth-order valence-corrected chi connectivity index (χ4v) is 2.62. The van der Waals surface area contributed by atoms with Crippen molar-refractivity contribution in [1.82, 2.24) is 4.98 Å². The molecule has 0 amide bonds. The maximum atomic E-state index is 9.31. The lowest BCUT2D eigenvalue weighted by molar-refractivity contribution is 0.130. The van der Waals surface area contributed by atoms with Crippen molar-refractivity contribution < 1.29 is 9.47 Å². The van der Waals surface area contributed by atoms with Gasteiger partial charge >= 0.3 is 0 Å². The van der Waals surface area contributed by atoms with Gasteiger partial charge in [-0.25, -0.2) is 0 Å². The minimum absolute atomic E-state index is 0.515. The molecular weight excluding hydrogens is 314 g/mol. The largest absolute Gasteiger partial charge is 0.497 e. The summed E-state index contributed by atoms with van der Waals surface area (Å²) in [4.78, 5) is 4.31. The van der Waals surface area contributed by atoms with E-state index in [9.17, 15) is 5.26 Å². The van der Waals surface area contributed by atoms with E-state index in [0.717, 1.165) is 27.9 Å². The highest BCUT2D eigenvalue weighted by Crippen LogP contribution is 2.25. The number of nitriles is 1. The standard InChI is InChI=1S/C20H19N3O2/c1-24-17-6-4-5-15(11-17)14-25-10-9-22-20-16(12-21)13-23-19-8-3-2-7-18(19)20/h2-8,11,13H,9-10,14H2,1H3,(H,22,23). The van der Waals surface area contributed by atoms with Crippen LogP contribution in [0.3, 0.4) is 0 Å². The number of methoxy groups -OCH3 is 1. The van der Waals surface area contributed by atoms with Crippen molar-refractivity contribution >= 4 is 16.6 Å². The summed E-state index contributed by atoms with van der Waals surface area (Å²) in [6, 6.07) is 17.8. The number of para-hydroxylation sites is 1. The predicted molar refractivity (Wildman–Crippen MR) is 97.6 cm³/mol. The molecule has 0 atom stereocenters. The number of pyridine rings is 1. The number of benzene rings is 2. The molecule has 5 nitrogen and oxygen atoms in total. The Hall–Kier alpha value is -3.10. The van der Waals surface area contributed by atoms with Crippen LogP contribution in [0.15, 0.2) is 54.7 Å². The van der Waals surface area contributed by atoms with Crippen LogP contribution < -0.4 is 10.1 Å². The zero-order valence-electron chi connectivity index (χ0n) is 14.0. The van der Waals surface area contributed by atoms with Crippen LogP contribution in [0.1, 0.15) is 11.1 Å². The van der Waals surface area contributed by atoms with Crippen LogP contribution in [0.4, 0.5) is 5.69 Å². The molecule has 0 aliphatic carbocycles. The van der Waals surface area contributed by atoms with Crippen LogP contribution in [-0.4, -0.2) is 25.2 Å². The molecule has 1 heterocycles. The summed E-state index contributed by atoms with van der Waals surface area (Å²) in [5.41, 5.74) is 3.26. The van der Waals surface area contributed by atoms with Crippen molar-refractivity contribution in [2.24, 2.45) is 0 Å². The highest BCUT2D eigenvalue weighted by molar-refractivity contribution is 5.93. The molecule has 0 aliphatic rings. The number of rotatable bonds is 7. The fourth-order valence-electron chi connectivity index (χ4n) is 2.62. The number of hydrogen-bond donors (Lipinski definition) is 1. The molecular formula is C20H19N3O2. The van der Waals surface area contributed by atoms with E-state index in [1.165, 1.54) is 0 Å². The van der Waals surface area contributed by atoms with Gasteiger partial charge in [-0.15, -0.1) is 0 Å². The minimum Gasteiger partial charge on any atom is -0.497 e. The molecule has 0 saturated carbocycles. The van der Waals surface area contributed by atoms with E-state index >= 15 is 0 Å². The molecule has 0 unspecified atom stereocenters. The molecule has 3 aromatic rings. The highest BCUT2D eigenvalue weighted by atomic mass is 16.5. The number of hydrogen-bond acceptors (Lipinski definition) is 5. The number of aromatic nitrogens is 1. The third-order valence-electron chi connectivity index (χ3n) is 3.85. The Kier molecular flexibility index (Phi) is 5.45. The van der Waals surface area contributed by atoms with Gasteiger partial charge in [0.1, 0.15) is 11.8 Å². The molecule has 1 aromatic heterocycles. The molecule has 5 heteroatoms. The second-order valence-corrected chi connectivity index (χ2v) is 5.51. The van der Waals surface area contributed by atoms with Crippen LogP contribution >= 0.6 is 0 Å². The molecule has 3 rings (SSSR count). The fraction of sp³-hybridized carbons (Fsp3) is 0.200. The first-order valence-electron chi connectivity index (χ1n) is 8.04. The van der Waals surface area contributed by atoms with Gasteiger partial charge in [0.05, 0.1) is 37.1 Å². The van der Waals surface area contributed by atoms with Crippen LogP contribution in [0.5, 0.6) is 5.75 Å². The van der Waals surface area contributed by atoms with Gasteiger partial charge in [0.2, 0.25) is 0 Å². The third-order valence-corrected chi connectivity index (χ3v) is 3.85. The first-order chi connectivity index (χ1) is 12.3. The molecule has 126 valence electrons. The topological polar surface area (TPSA) is 67.2 Å². The average molecular weight is 333 g/mol. The zero-order valence-corrected chi connectivity index (χ0v) is 14.0. The average Bonchev–Trinajstić information content (AvgIpc) is 2.67. The van der Waals surface area contributed by atoms with E-state index in [4.69, 9.17) is 9.47 Å². The number of fused-ring (bicyclic) bond motifs is 1. The summed E-state index contributed by atoms with van der Waals surface area (Å²) in [6.45, 7) is 1.65. The number of nitrogens with one attached hydrogen (secondary N) is 1. The number of anilines is 1. The minimum atomic E-state index is 0.515. The molecule has 1 N–H and O–H groups in total. The molecule has 0 bridgehead atoms. The normalized spacial score (nSPS) is 10.4. The summed E-state index contributed by atoms with van der Waals surface area (Å²) in [5.74, 6) is 0.821. The molecule has 0 fully saturated rings. The smallest absolute Gasteiger partial charge is 0.119 e. The second-order valence-electron chi connectivity index (χ2n) is 5.51. The second kappa shape index (κ2) is 8.13. The Balaban J connectivity index is 1.59. The van der Waals surface area contributed by atoms with Gasteiger partial charge < -0.3 is 14.8 Å². The molecule has 0 aliphatic heterocycles. The lowest BCUT2D eigenvalue weighted by Crippen LogP contribution is -2.11. The Morgan fingerprint density at radius 2 is 2.04 bits per heavy atom. The van der Waals surface area contributed by atoms with E-state index in [-0.39, 0.29) is 0 Å². The summed E-state index contributed by atoms with van der Waals surface area (Å²) in [5, 5.41) is 13.5. The van der Waals surface area contributed by atoms with Gasteiger partial charge in [0.25, 0.3) is 0 Å².